The van der Waals surface area contributed by atoms with Crippen LogP contribution in [0.4, 0.5) is 0 Å². The number of phenolic OH excluding ortho intramolecular Hbond substituents is 1. The number of piperidine rings is 1. The van der Waals surface area contributed by atoms with Gasteiger partial charge in [-0.1, -0.05) is 31.5 Å². The standard InChI is InChI=1S/C17H26N2O2/c1-2-3-10-18-17(21)14-8-11-19(12-9-14)13-15-6-4-5-7-16(15)20/h4-7,14,20H,2-3,8-13H2,1H3,(H,18,21). The summed E-state index contributed by atoms with van der Waals surface area (Å²) in [5, 5.41) is 12.8. The smallest absolute Gasteiger partial charge is 0.223 e. The second kappa shape index (κ2) is 8.03. The fourth-order valence-electron chi connectivity index (χ4n) is 2.77. The normalized spacial score (nSPS) is 16.8. The fraction of sp³-hybridized carbons (Fsp3) is 0.588. The van der Waals surface area contributed by atoms with Gasteiger partial charge in [0.15, 0.2) is 0 Å². The molecule has 1 aromatic rings. The molecule has 1 aliphatic heterocycles. The second-order valence-corrected chi connectivity index (χ2v) is 5.82. The third-order valence-corrected chi connectivity index (χ3v) is 4.17. The van der Waals surface area contributed by atoms with E-state index in [4.69, 9.17) is 0 Å². The third kappa shape index (κ3) is 4.74. The van der Waals surface area contributed by atoms with Crippen LogP contribution in [0.15, 0.2) is 24.3 Å². The van der Waals surface area contributed by atoms with Gasteiger partial charge in [0.25, 0.3) is 0 Å². The molecule has 2 N–H and O–H groups in total. The van der Waals surface area contributed by atoms with Crippen molar-refractivity contribution in [2.24, 2.45) is 5.92 Å². The van der Waals surface area contributed by atoms with Gasteiger partial charge in [-0.15, -0.1) is 0 Å². The van der Waals surface area contributed by atoms with Gasteiger partial charge >= 0.3 is 0 Å². The summed E-state index contributed by atoms with van der Waals surface area (Å²) in [6, 6.07) is 7.47. The highest BCUT2D eigenvalue weighted by Gasteiger charge is 2.24. The number of unbranched alkanes of at least 4 members (excludes halogenated alkanes) is 1. The number of aromatic hydroxyl groups is 1. The van der Waals surface area contributed by atoms with Crippen LogP contribution in [0.3, 0.4) is 0 Å². The maximum atomic E-state index is 12.0. The minimum Gasteiger partial charge on any atom is -0.508 e. The molecule has 116 valence electrons. The van der Waals surface area contributed by atoms with E-state index in [0.717, 1.165) is 57.4 Å². The zero-order valence-electron chi connectivity index (χ0n) is 12.8. The molecule has 1 amide bonds. The Hall–Kier alpha value is -1.55. The number of carbonyl (C=O) groups is 1. The molecule has 1 heterocycles. The van der Waals surface area contributed by atoms with Gasteiger partial charge in [0.1, 0.15) is 5.75 Å². The second-order valence-electron chi connectivity index (χ2n) is 5.82. The van der Waals surface area contributed by atoms with E-state index in [9.17, 15) is 9.90 Å². The van der Waals surface area contributed by atoms with Crippen molar-refractivity contribution in [3.05, 3.63) is 29.8 Å². The van der Waals surface area contributed by atoms with Crippen molar-refractivity contribution < 1.29 is 9.90 Å². The number of amides is 1. The lowest BCUT2D eigenvalue weighted by Gasteiger charge is -2.31. The molecule has 21 heavy (non-hydrogen) atoms. The van der Waals surface area contributed by atoms with E-state index in [0.29, 0.717) is 5.75 Å². The van der Waals surface area contributed by atoms with E-state index in [-0.39, 0.29) is 11.8 Å². The van der Waals surface area contributed by atoms with Crippen LogP contribution >= 0.6 is 0 Å². The number of nitrogens with zero attached hydrogens (tertiary/aromatic N) is 1. The van der Waals surface area contributed by atoms with Crippen LogP contribution in [-0.4, -0.2) is 35.5 Å². The maximum absolute atomic E-state index is 12.0. The number of rotatable bonds is 6. The predicted octanol–water partition coefficient (Wildman–Crippen LogP) is 2.52. The third-order valence-electron chi connectivity index (χ3n) is 4.17. The first-order chi connectivity index (χ1) is 10.2. The average molecular weight is 290 g/mol. The van der Waals surface area contributed by atoms with E-state index < -0.39 is 0 Å². The quantitative estimate of drug-likeness (QED) is 0.792. The number of phenols is 1. The summed E-state index contributed by atoms with van der Waals surface area (Å²) in [4.78, 5) is 14.3. The number of carbonyl (C=O) groups excluding carboxylic acids is 1. The Labute approximate surface area is 127 Å². The number of para-hydroxylation sites is 1. The van der Waals surface area contributed by atoms with Crippen LogP contribution in [0.25, 0.3) is 0 Å². The number of likely N-dealkylation sites (tertiary alicyclic amines) is 1. The zero-order valence-corrected chi connectivity index (χ0v) is 12.8. The maximum Gasteiger partial charge on any atom is 0.223 e. The topological polar surface area (TPSA) is 52.6 Å². The van der Waals surface area contributed by atoms with Crippen LogP contribution in [-0.2, 0) is 11.3 Å². The molecule has 0 spiro atoms. The molecule has 4 heteroatoms. The molecule has 1 fully saturated rings. The summed E-state index contributed by atoms with van der Waals surface area (Å²) in [6.45, 7) is 5.52. The molecule has 4 nitrogen and oxygen atoms in total. The van der Waals surface area contributed by atoms with Crippen molar-refractivity contribution in [3.8, 4) is 5.75 Å². The molecule has 0 aromatic heterocycles. The lowest BCUT2D eigenvalue weighted by molar-refractivity contribution is -0.126. The molecule has 1 saturated heterocycles. The van der Waals surface area contributed by atoms with Gasteiger partial charge in [0, 0.05) is 24.6 Å². The number of hydrogen-bond acceptors (Lipinski definition) is 3. The Balaban J connectivity index is 1.75. The molecular weight excluding hydrogens is 264 g/mol. The predicted molar refractivity (Wildman–Crippen MR) is 84.0 cm³/mol. The average Bonchev–Trinajstić information content (AvgIpc) is 2.50. The summed E-state index contributed by atoms with van der Waals surface area (Å²) in [5.41, 5.74) is 0.961. The van der Waals surface area contributed by atoms with Gasteiger partial charge in [-0.2, -0.15) is 0 Å². The molecule has 1 aliphatic rings. The lowest BCUT2D eigenvalue weighted by atomic mass is 9.95. The largest absolute Gasteiger partial charge is 0.508 e. The van der Waals surface area contributed by atoms with E-state index in [1.165, 1.54) is 0 Å². The van der Waals surface area contributed by atoms with E-state index in [2.05, 4.69) is 17.1 Å². The number of benzene rings is 1. The Bertz CT molecular complexity index is 454. The molecule has 0 unspecified atom stereocenters. The van der Waals surface area contributed by atoms with E-state index in [1.54, 1.807) is 6.07 Å². The van der Waals surface area contributed by atoms with Crippen molar-refractivity contribution in [1.29, 1.82) is 0 Å². The number of hydrogen-bond donors (Lipinski definition) is 2. The SMILES string of the molecule is CCCCNC(=O)C1CCN(Cc2ccccc2O)CC1. The van der Waals surface area contributed by atoms with E-state index >= 15 is 0 Å². The van der Waals surface area contributed by atoms with Gasteiger partial charge in [-0.25, -0.2) is 0 Å². The van der Waals surface area contributed by atoms with E-state index in [1.807, 2.05) is 18.2 Å². The van der Waals surface area contributed by atoms with Gasteiger partial charge in [-0.3, -0.25) is 9.69 Å². The first-order valence-corrected chi connectivity index (χ1v) is 7.97. The van der Waals surface area contributed by atoms with Gasteiger partial charge in [0.2, 0.25) is 5.91 Å². The summed E-state index contributed by atoms with van der Waals surface area (Å²) in [6.07, 6.45) is 3.98. The molecule has 0 atom stereocenters. The molecular formula is C17H26N2O2. The van der Waals surface area contributed by atoms with Gasteiger partial charge in [-0.05, 0) is 38.4 Å². The highest BCUT2D eigenvalue weighted by molar-refractivity contribution is 5.78. The highest BCUT2D eigenvalue weighted by Crippen LogP contribution is 2.22. The summed E-state index contributed by atoms with van der Waals surface area (Å²) in [7, 11) is 0. The molecule has 0 radical (unpaired) electrons. The fourth-order valence-corrected chi connectivity index (χ4v) is 2.77. The van der Waals surface area contributed by atoms with Crippen LogP contribution in [0.5, 0.6) is 5.75 Å². The Kier molecular flexibility index (Phi) is 6.05. The molecule has 0 saturated carbocycles. The van der Waals surface area contributed by atoms with Crippen molar-refractivity contribution in [1.82, 2.24) is 10.2 Å². The highest BCUT2D eigenvalue weighted by atomic mass is 16.3. The first kappa shape index (κ1) is 15.8. The minimum atomic E-state index is 0.155. The molecule has 2 rings (SSSR count). The van der Waals surface area contributed by atoms with Crippen molar-refractivity contribution in [2.75, 3.05) is 19.6 Å². The Morgan fingerprint density at radius 2 is 2.05 bits per heavy atom. The summed E-state index contributed by atoms with van der Waals surface area (Å²) >= 11 is 0. The van der Waals surface area contributed by atoms with Crippen LogP contribution in [0.1, 0.15) is 38.2 Å². The van der Waals surface area contributed by atoms with Gasteiger partial charge < -0.3 is 10.4 Å². The minimum absolute atomic E-state index is 0.155. The van der Waals surface area contributed by atoms with Gasteiger partial charge in [0.05, 0.1) is 0 Å². The first-order valence-electron chi connectivity index (χ1n) is 7.97. The van der Waals surface area contributed by atoms with Crippen molar-refractivity contribution in [3.63, 3.8) is 0 Å². The monoisotopic (exact) mass is 290 g/mol. The lowest BCUT2D eigenvalue weighted by Crippen LogP contribution is -2.40. The summed E-state index contributed by atoms with van der Waals surface area (Å²) < 4.78 is 0. The Morgan fingerprint density at radius 3 is 2.71 bits per heavy atom. The van der Waals surface area contributed by atoms with Crippen LogP contribution in [0.2, 0.25) is 0 Å². The molecule has 1 aromatic carbocycles. The Morgan fingerprint density at radius 1 is 1.33 bits per heavy atom. The summed E-state index contributed by atoms with van der Waals surface area (Å²) in [5.74, 6) is 0.727. The molecule has 0 aliphatic carbocycles. The van der Waals surface area contributed by atoms with Crippen LogP contribution < -0.4 is 5.32 Å². The zero-order chi connectivity index (χ0) is 15.1. The number of nitrogens with one attached hydrogen (secondary N) is 1. The van der Waals surface area contributed by atoms with Crippen molar-refractivity contribution in [2.45, 2.75) is 39.2 Å². The van der Waals surface area contributed by atoms with Crippen LogP contribution in [0, 0.1) is 5.92 Å². The van der Waals surface area contributed by atoms with Crippen molar-refractivity contribution >= 4 is 5.91 Å². The molecule has 0 bridgehead atoms.